The van der Waals surface area contributed by atoms with Crippen LogP contribution in [0.25, 0.3) is 0 Å². The second-order valence-electron chi connectivity index (χ2n) is 6.57. The van der Waals surface area contributed by atoms with Gasteiger partial charge in [-0.3, -0.25) is 0 Å². The van der Waals surface area contributed by atoms with E-state index in [0.717, 1.165) is 42.8 Å². The summed E-state index contributed by atoms with van der Waals surface area (Å²) < 4.78 is 5.60. The molecular weight excluding hydrogens is 272 g/mol. The average Bonchev–Trinajstić information content (AvgIpc) is 2.85. The van der Waals surface area contributed by atoms with E-state index in [2.05, 4.69) is 49.7 Å². The van der Waals surface area contributed by atoms with E-state index in [1.807, 2.05) is 0 Å². The van der Waals surface area contributed by atoms with Crippen LogP contribution in [0.2, 0.25) is 0 Å². The molecule has 2 aliphatic rings. The summed E-state index contributed by atoms with van der Waals surface area (Å²) >= 11 is 0. The first-order chi connectivity index (χ1) is 10.5. The molecule has 3 rings (SSSR count). The summed E-state index contributed by atoms with van der Waals surface area (Å²) in [4.78, 5) is 2.44. The molecule has 1 aromatic rings. The smallest absolute Gasteiger partial charge is 0.122 e. The van der Waals surface area contributed by atoms with Crippen molar-refractivity contribution in [3.05, 3.63) is 53.3 Å². The highest BCUT2D eigenvalue weighted by molar-refractivity contribution is 5.49. The minimum absolute atomic E-state index is 0.0143. The number of benzene rings is 1. The van der Waals surface area contributed by atoms with Gasteiger partial charge in [-0.05, 0) is 61.7 Å². The van der Waals surface area contributed by atoms with Crippen LogP contribution in [-0.4, -0.2) is 31.6 Å². The van der Waals surface area contributed by atoms with Crippen LogP contribution in [0, 0.1) is 0 Å². The molecule has 0 bridgehead atoms. The highest BCUT2D eigenvalue weighted by atomic mass is 16.5. The van der Waals surface area contributed by atoms with E-state index in [-0.39, 0.29) is 5.41 Å². The van der Waals surface area contributed by atoms with Gasteiger partial charge < -0.3 is 15.4 Å². The Morgan fingerprint density at radius 2 is 2.23 bits per heavy atom. The predicted molar refractivity (Wildman–Crippen MR) is 91.1 cm³/mol. The largest absolute Gasteiger partial charge is 0.496 e. The Labute approximate surface area is 133 Å². The molecule has 0 spiro atoms. The van der Waals surface area contributed by atoms with Gasteiger partial charge in [0.2, 0.25) is 0 Å². The van der Waals surface area contributed by atoms with Gasteiger partial charge in [0.25, 0.3) is 0 Å². The molecule has 1 saturated heterocycles. The molecule has 2 N–H and O–H groups in total. The fraction of sp³-hybridized carbons (Fsp3) is 0.474. The molecule has 1 fully saturated rings. The molecule has 2 atom stereocenters. The van der Waals surface area contributed by atoms with Crippen LogP contribution < -0.4 is 10.5 Å². The van der Waals surface area contributed by atoms with E-state index in [4.69, 9.17) is 10.5 Å². The maximum Gasteiger partial charge on any atom is 0.122 e. The van der Waals surface area contributed by atoms with Crippen LogP contribution in [0.15, 0.2) is 42.1 Å². The summed E-state index contributed by atoms with van der Waals surface area (Å²) in [6.45, 7) is 7.37. The second-order valence-corrected chi connectivity index (χ2v) is 6.57. The molecule has 3 nitrogen and oxygen atoms in total. The highest BCUT2D eigenvalue weighted by Crippen LogP contribution is 2.48. The lowest BCUT2D eigenvalue weighted by Crippen LogP contribution is -2.43. The van der Waals surface area contributed by atoms with Crippen LogP contribution in [-0.2, 0) is 11.8 Å². The zero-order valence-corrected chi connectivity index (χ0v) is 13.9. The van der Waals surface area contributed by atoms with Gasteiger partial charge in [0, 0.05) is 17.2 Å². The van der Waals surface area contributed by atoms with Gasteiger partial charge in [-0.1, -0.05) is 25.6 Å². The molecule has 22 heavy (non-hydrogen) atoms. The topological polar surface area (TPSA) is 38.5 Å². The number of rotatable bonds is 3. The van der Waals surface area contributed by atoms with E-state index in [1.54, 1.807) is 7.11 Å². The normalized spacial score (nSPS) is 28.4. The zero-order valence-electron chi connectivity index (χ0n) is 13.9. The quantitative estimate of drug-likeness (QED) is 0.932. The van der Waals surface area contributed by atoms with Crippen molar-refractivity contribution in [3.8, 4) is 5.75 Å². The van der Waals surface area contributed by atoms with Crippen molar-refractivity contribution in [2.24, 2.45) is 5.73 Å². The number of methoxy groups -OCH3 is 1. The molecule has 0 aromatic heterocycles. The Balaban J connectivity index is 2.13. The maximum atomic E-state index is 6.24. The Hall–Kier alpha value is -1.74. The van der Waals surface area contributed by atoms with Crippen molar-refractivity contribution in [1.29, 1.82) is 0 Å². The van der Waals surface area contributed by atoms with Crippen LogP contribution in [0.4, 0.5) is 0 Å². The molecule has 1 aliphatic heterocycles. The van der Waals surface area contributed by atoms with Gasteiger partial charge in [-0.15, -0.1) is 0 Å². The van der Waals surface area contributed by atoms with Crippen molar-refractivity contribution in [1.82, 2.24) is 4.90 Å². The lowest BCUT2D eigenvalue weighted by molar-refractivity contribution is 0.262. The van der Waals surface area contributed by atoms with E-state index in [9.17, 15) is 0 Å². The molecule has 118 valence electrons. The fourth-order valence-electron chi connectivity index (χ4n) is 4.06. The minimum Gasteiger partial charge on any atom is -0.496 e. The first kappa shape index (κ1) is 15.2. The number of aryl methyl sites for hydroxylation is 1. The Kier molecular flexibility index (Phi) is 3.77. The van der Waals surface area contributed by atoms with Crippen LogP contribution >= 0.6 is 0 Å². The number of hydrogen-bond acceptors (Lipinski definition) is 3. The van der Waals surface area contributed by atoms with E-state index >= 15 is 0 Å². The van der Waals surface area contributed by atoms with Crippen LogP contribution in [0.5, 0.6) is 5.75 Å². The van der Waals surface area contributed by atoms with Crippen molar-refractivity contribution in [2.45, 2.75) is 37.6 Å². The Morgan fingerprint density at radius 3 is 2.91 bits per heavy atom. The van der Waals surface area contributed by atoms with Gasteiger partial charge in [0.1, 0.15) is 5.75 Å². The standard InChI is InChI=1S/C19H26N2O/c1-5-14-6-7-15(11-17(14)22-4)19-8-9-21(3)18(19)10-13(2)16(20)12-19/h6-7,11-12,18H,2,5,8-10,20H2,1,3-4H3. The van der Waals surface area contributed by atoms with Gasteiger partial charge in [-0.25, -0.2) is 0 Å². The predicted octanol–water partition coefficient (Wildman–Crippen LogP) is 3.00. The number of hydrogen-bond donors (Lipinski definition) is 1. The lowest BCUT2D eigenvalue weighted by atomic mass is 9.68. The van der Waals surface area contributed by atoms with Gasteiger partial charge in [-0.2, -0.15) is 0 Å². The average molecular weight is 298 g/mol. The number of nitrogens with zero attached hydrogens (tertiary/aromatic N) is 1. The van der Waals surface area contributed by atoms with Crippen molar-refractivity contribution >= 4 is 0 Å². The number of allylic oxidation sites excluding steroid dienone is 1. The molecule has 0 amide bonds. The molecule has 1 aromatic carbocycles. The van der Waals surface area contributed by atoms with Gasteiger partial charge in [0.15, 0.2) is 0 Å². The lowest BCUT2D eigenvalue weighted by Gasteiger charge is -2.40. The third kappa shape index (κ3) is 2.15. The first-order valence-electron chi connectivity index (χ1n) is 8.06. The van der Waals surface area contributed by atoms with Crippen molar-refractivity contribution in [3.63, 3.8) is 0 Å². The zero-order chi connectivity index (χ0) is 15.9. The number of likely N-dealkylation sites (N-methyl/N-ethyl adjacent to an activating group) is 1. The van der Waals surface area contributed by atoms with Gasteiger partial charge >= 0.3 is 0 Å². The monoisotopic (exact) mass is 298 g/mol. The summed E-state index contributed by atoms with van der Waals surface area (Å²) in [5.41, 5.74) is 10.7. The maximum absolute atomic E-state index is 6.24. The third-order valence-electron chi connectivity index (χ3n) is 5.47. The Morgan fingerprint density at radius 1 is 1.45 bits per heavy atom. The van der Waals surface area contributed by atoms with Gasteiger partial charge in [0.05, 0.1) is 7.11 Å². The number of nitrogens with two attached hydrogens (primary N) is 1. The molecule has 2 unspecified atom stereocenters. The molecule has 0 radical (unpaired) electrons. The summed E-state index contributed by atoms with van der Waals surface area (Å²) in [7, 11) is 3.95. The number of fused-ring (bicyclic) bond motifs is 1. The molecule has 0 saturated carbocycles. The summed E-state index contributed by atoms with van der Waals surface area (Å²) in [5.74, 6) is 0.985. The second kappa shape index (κ2) is 5.47. The summed E-state index contributed by atoms with van der Waals surface area (Å²) in [6, 6.07) is 7.10. The van der Waals surface area contributed by atoms with E-state index in [0.29, 0.717) is 6.04 Å². The van der Waals surface area contributed by atoms with E-state index < -0.39 is 0 Å². The highest BCUT2D eigenvalue weighted by Gasteiger charge is 2.48. The number of ether oxygens (including phenoxy) is 1. The number of likely N-dealkylation sites (tertiary alicyclic amines) is 1. The minimum atomic E-state index is -0.0143. The van der Waals surface area contributed by atoms with Crippen LogP contribution in [0.3, 0.4) is 0 Å². The fourth-order valence-corrected chi connectivity index (χ4v) is 4.06. The SMILES string of the molecule is C=C1CC2N(C)CCC2(c2ccc(CC)c(OC)c2)C=C1N. The molecule has 3 heteroatoms. The summed E-state index contributed by atoms with van der Waals surface area (Å²) in [6.07, 6.45) is 5.26. The third-order valence-corrected chi connectivity index (χ3v) is 5.47. The molecular formula is C19H26N2O. The first-order valence-corrected chi connectivity index (χ1v) is 8.06. The van der Waals surface area contributed by atoms with Crippen molar-refractivity contribution in [2.75, 3.05) is 20.7 Å². The molecule has 1 heterocycles. The van der Waals surface area contributed by atoms with Crippen LogP contribution in [0.1, 0.15) is 30.9 Å². The van der Waals surface area contributed by atoms with Crippen molar-refractivity contribution < 1.29 is 4.74 Å². The van der Waals surface area contributed by atoms with E-state index in [1.165, 1.54) is 11.1 Å². The summed E-state index contributed by atoms with van der Waals surface area (Å²) in [5, 5.41) is 0. The Bertz CT molecular complexity index is 634. The molecule has 1 aliphatic carbocycles.